The smallest absolute Gasteiger partial charge is 0.125 e. The third-order valence-corrected chi connectivity index (χ3v) is 3.46. The highest BCUT2D eigenvalue weighted by Crippen LogP contribution is 2.15. The third kappa shape index (κ3) is 4.78. The predicted molar refractivity (Wildman–Crippen MR) is 82.9 cm³/mol. The minimum Gasteiger partial charge on any atom is -0.310 e. The van der Waals surface area contributed by atoms with Crippen molar-refractivity contribution in [2.75, 3.05) is 0 Å². The Hall–Kier alpha value is -1.09. The van der Waals surface area contributed by atoms with Crippen molar-refractivity contribution >= 4 is 23.2 Å². The van der Waals surface area contributed by atoms with Gasteiger partial charge < -0.3 is 5.32 Å². The van der Waals surface area contributed by atoms with Gasteiger partial charge in [0.05, 0.1) is 0 Å². The normalized spacial score (nSPS) is 12.4. The highest BCUT2D eigenvalue weighted by atomic mass is 35.5. The lowest BCUT2D eigenvalue weighted by molar-refractivity contribution is 0.542. The fourth-order valence-electron chi connectivity index (χ4n) is 2.09. The summed E-state index contributed by atoms with van der Waals surface area (Å²) in [5, 5.41) is 4.52. The van der Waals surface area contributed by atoms with Crippen molar-refractivity contribution in [3.05, 3.63) is 69.5 Å². The summed E-state index contributed by atoms with van der Waals surface area (Å²) in [6, 6.07) is 12.6. The molecule has 1 N–H and O–H groups in total. The van der Waals surface area contributed by atoms with Crippen LogP contribution in [0, 0.1) is 5.82 Å². The van der Waals surface area contributed by atoms with Crippen LogP contribution in [0.3, 0.4) is 0 Å². The molecule has 2 aromatic carbocycles. The Bertz CT molecular complexity index is 566. The molecular formula is C16H16Cl2FN. The maximum Gasteiger partial charge on any atom is 0.125 e. The van der Waals surface area contributed by atoms with Gasteiger partial charge in [0.2, 0.25) is 0 Å². The van der Waals surface area contributed by atoms with E-state index in [4.69, 9.17) is 23.2 Å². The Morgan fingerprint density at radius 1 is 1.05 bits per heavy atom. The molecule has 1 unspecified atom stereocenters. The molecule has 0 bridgehead atoms. The molecule has 0 fully saturated rings. The van der Waals surface area contributed by atoms with Crippen LogP contribution in [0.4, 0.5) is 4.39 Å². The summed E-state index contributed by atoms with van der Waals surface area (Å²) in [5.74, 6) is -0.309. The van der Waals surface area contributed by atoms with Crippen LogP contribution in [-0.2, 0) is 13.0 Å². The first-order chi connectivity index (χ1) is 9.52. The van der Waals surface area contributed by atoms with Gasteiger partial charge in [0.15, 0.2) is 0 Å². The third-order valence-electron chi connectivity index (χ3n) is 3.01. The summed E-state index contributed by atoms with van der Waals surface area (Å²) in [7, 11) is 0. The van der Waals surface area contributed by atoms with Crippen LogP contribution in [-0.4, -0.2) is 6.04 Å². The number of hydrogen-bond acceptors (Lipinski definition) is 1. The predicted octanol–water partition coefficient (Wildman–Crippen LogP) is 4.85. The molecule has 4 heteroatoms. The van der Waals surface area contributed by atoms with E-state index in [1.165, 1.54) is 17.7 Å². The van der Waals surface area contributed by atoms with Crippen LogP contribution in [0.1, 0.15) is 18.1 Å². The zero-order valence-electron chi connectivity index (χ0n) is 11.2. The Kier molecular flexibility index (Phi) is 5.41. The van der Waals surface area contributed by atoms with Gasteiger partial charge in [-0.1, -0.05) is 35.3 Å². The molecular weight excluding hydrogens is 296 g/mol. The standard InChI is InChI=1S/C16H16Cl2FN/c1-11(5-12-3-2-4-14(17)6-12)20-10-13-7-15(18)9-16(19)8-13/h2-4,6-9,11,20H,5,10H2,1H3. The van der Waals surface area contributed by atoms with Crippen molar-refractivity contribution in [3.8, 4) is 0 Å². The van der Waals surface area contributed by atoms with E-state index >= 15 is 0 Å². The summed E-state index contributed by atoms with van der Waals surface area (Å²) >= 11 is 11.8. The average molecular weight is 312 g/mol. The van der Waals surface area contributed by atoms with Crippen molar-refractivity contribution in [2.24, 2.45) is 0 Å². The number of halogens is 3. The minimum absolute atomic E-state index is 0.260. The molecule has 0 aliphatic rings. The summed E-state index contributed by atoms with van der Waals surface area (Å²) in [5.41, 5.74) is 2.02. The van der Waals surface area contributed by atoms with Crippen LogP contribution in [0.25, 0.3) is 0 Å². The van der Waals surface area contributed by atoms with Gasteiger partial charge in [0.25, 0.3) is 0 Å². The van der Waals surface area contributed by atoms with E-state index in [9.17, 15) is 4.39 Å². The molecule has 0 aromatic heterocycles. The molecule has 0 radical (unpaired) electrons. The lowest BCUT2D eigenvalue weighted by Crippen LogP contribution is -2.27. The number of hydrogen-bond donors (Lipinski definition) is 1. The fourth-order valence-corrected chi connectivity index (χ4v) is 2.55. The first-order valence-corrected chi connectivity index (χ1v) is 7.21. The van der Waals surface area contributed by atoms with Crippen LogP contribution in [0.15, 0.2) is 42.5 Å². The lowest BCUT2D eigenvalue weighted by atomic mass is 10.1. The van der Waals surface area contributed by atoms with E-state index in [1.54, 1.807) is 6.07 Å². The molecule has 20 heavy (non-hydrogen) atoms. The van der Waals surface area contributed by atoms with Crippen LogP contribution >= 0.6 is 23.2 Å². The highest BCUT2D eigenvalue weighted by Gasteiger charge is 2.05. The second-order valence-corrected chi connectivity index (χ2v) is 5.77. The molecule has 0 heterocycles. The number of benzene rings is 2. The van der Waals surface area contributed by atoms with Gasteiger partial charge in [-0.2, -0.15) is 0 Å². The van der Waals surface area contributed by atoms with Crippen LogP contribution in [0.5, 0.6) is 0 Å². The Morgan fingerprint density at radius 2 is 1.80 bits per heavy atom. The average Bonchev–Trinajstić information content (AvgIpc) is 2.35. The minimum atomic E-state index is -0.309. The van der Waals surface area contributed by atoms with Gasteiger partial charge in [-0.3, -0.25) is 0 Å². The molecule has 0 aliphatic carbocycles. The van der Waals surface area contributed by atoms with E-state index in [-0.39, 0.29) is 11.9 Å². The largest absolute Gasteiger partial charge is 0.310 e. The lowest BCUT2D eigenvalue weighted by Gasteiger charge is -2.14. The maximum atomic E-state index is 13.2. The molecule has 1 atom stereocenters. The van der Waals surface area contributed by atoms with Gasteiger partial charge in [-0.25, -0.2) is 4.39 Å². The Labute approximate surface area is 128 Å². The Balaban J connectivity index is 1.90. The molecule has 2 rings (SSSR count). The quantitative estimate of drug-likeness (QED) is 0.832. The molecule has 2 aromatic rings. The van der Waals surface area contributed by atoms with E-state index in [2.05, 4.69) is 12.2 Å². The van der Waals surface area contributed by atoms with Crippen molar-refractivity contribution in [1.82, 2.24) is 5.32 Å². The SMILES string of the molecule is CC(Cc1cccc(Cl)c1)NCc1cc(F)cc(Cl)c1. The van der Waals surface area contributed by atoms with Crippen molar-refractivity contribution in [1.29, 1.82) is 0 Å². The van der Waals surface area contributed by atoms with E-state index in [1.807, 2.05) is 24.3 Å². The van der Waals surface area contributed by atoms with Crippen molar-refractivity contribution in [2.45, 2.75) is 25.9 Å². The monoisotopic (exact) mass is 311 g/mol. The van der Waals surface area contributed by atoms with Crippen molar-refractivity contribution in [3.63, 3.8) is 0 Å². The molecule has 106 valence electrons. The first kappa shape index (κ1) is 15.3. The van der Waals surface area contributed by atoms with E-state index in [0.29, 0.717) is 11.6 Å². The maximum absolute atomic E-state index is 13.2. The zero-order chi connectivity index (χ0) is 14.5. The summed E-state index contributed by atoms with van der Waals surface area (Å²) < 4.78 is 13.2. The van der Waals surface area contributed by atoms with E-state index in [0.717, 1.165) is 17.0 Å². The molecule has 0 saturated carbocycles. The molecule has 0 amide bonds. The molecule has 0 saturated heterocycles. The van der Waals surface area contributed by atoms with Gasteiger partial charge >= 0.3 is 0 Å². The summed E-state index contributed by atoms with van der Waals surface area (Å²) in [6.45, 7) is 2.67. The van der Waals surface area contributed by atoms with Crippen LogP contribution < -0.4 is 5.32 Å². The van der Waals surface area contributed by atoms with Crippen molar-refractivity contribution < 1.29 is 4.39 Å². The second-order valence-electron chi connectivity index (χ2n) is 4.89. The molecule has 0 spiro atoms. The summed E-state index contributed by atoms with van der Waals surface area (Å²) in [4.78, 5) is 0. The van der Waals surface area contributed by atoms with Gasteiger partial charge in [-0.05, 0) is 54.8 Å². The number of nitrogens with one attached hydrogen (secondary N) is 1. The molecule has 1 nitrogen and oxygen atoms in total. The second kappa shape index (κ2) is 7.07. The van der Waals surface area contributed by atoms with Gasteiger partial charge in [0, 0.05) is 22.6 Å². The fraction of sp³-hybridized carbons (Fsp3) is 0.250. The Morgan fingerprint density at radius 3 is 2.50 bits per heavy atom. The highest BCUT2D eigenvalue weighted by molar-refractivity contribution is 6.30. The topological polar surface area (TPSA) is 12.0 Å². The van der Waals surface area contributed by atoms with Gasteiger partial charge in [-0.15, -0.1) is 0 Å². The first-order valence-electron chi connectivity index (χ1n) is 6.46. The summed E-state index contributed by atoms with van der Waals surface area (Å²) in [6.07, 6.45) is 0.865. The zero-order valence-corrected chi connectivity index (χ0v) is 12.7. The molecule has 0 aliphatic heterocycles. The number of rotatable bonds is 5. The van der Waals surface area contributed by atoms with Gasteiger partial charge in [0.1, 0.15) is 5.82 Å². The van der Waals surface area contributed by atoms with E-state index < -0.39 is 0 Å². The van der Waals surface area contributed by atoms with Crippen LogP contribution in [0.2, 0.25) is 10.0 Å².